The van der Waals surface area contributed by atoms with Crippen LogP contribution in [0.2, 0.25) is 0 Å². The van der Waals surface area contributed by atoms with Gasteiger partial charge in [0, 0.05) is 6.54 Å². The Hall–Kier alpha value is -1.70. The predicted octanol–water partition coefficient (Wildman–Crippen LogP) is 1.78. The van der Waals surface area contributed by atoms with Crippen LogP contribution in [0.25, 0.3) is 0 Å². The maximum Gasteiger partial charge on any atom is 0.294 e. The fourth-order valence-corrected chi connectivity index (χ4v) is 1.89. The molecule has 6 nitrogen and oxygen atoms in total. The van der Waals surface area contributed by atoms with Crippen LogP contribution in [0.1, 0.15) is 18.9 Å². The van der Waals surface area contributed by atoms with Crippen LogP contribution in [0.15, 0.2) is 41.8 Å². The molecule has 0 saturated carbocycles. The molecule has 0 unspecified atom stereocenters. The molecular weight excluding hydrogens is 304 g/mol. The average Bonchev–Trinajstić information content (AvgIpc) is 2.45. The smallest absolute Gasteiger partial charge is 0.294 e. The molecule has 1 aromatic rings. The Morgan fingerprint density at radius 3 is 2.14 bits per heavy atom. The van der Waals surface area contributed by atoms with Gasteiger partial charge in [-0.15, -0.1) is 0 Å². The van der Waals surface area contributed by atoms with E-state index in [4.69, 9.17) is 4.55 Å². The summed E-state index contributed by atoms with van der Waals surface area (Å²) in [5, 5.41) is 5.38. The summed E-state index contributed by atoms with van der Waals surface area (Å²) >= 11 is 0. The summed E-state index contributed by atoms with van der Waals surface area (Å²) in [5.74, 6) is -0.0909. The van der Waals surface area contributed by atoms with Crippen molar-refractivity contribution in [3.05, 3.63) is 42.5 Å². The number of rotatable bonds is 4. The molecule has 1 amide bonds. The van der Waals surface area contributed by atoms with E-state index in [1.807, 2.05) is 21.0 Å². The first-order valence-corrected chi connectivity index (χ1v) is 8.20. The summed E-state index contributed by atoms with van der Waals surface area (Å²) in [4.78, 5) is 10.3. The van der Waals surface area contributed by atoms with E-state index in [1.54, 1.807) is 25.1 Å². The van der Waals surface area contributed by atoms with Gasteiger partial charge in [0.1, 0.15) is 0 Å². The lowest BCUT2D eigenvalue weighted by Crippen LogP contribution is -2.20. The number of carbonyl (C=O) groups excluding carboxylic acids is 1. The van der Waals surface area contributed by atoms with Crippen molar-refractivity contribution in [3.63, 3.8) is 0 Å². The van der Waals surface area contributed by atoms with Crippen molar-refractivity contribution in [1.82, 2.24) is 10.6 Å². The van der Waals surface area contributed by atoms with Gasteiger partial charge in [0.05, 0.1) is 4.90 Å². The number of hydrogen-bond donors (Lipinski definition) is 3. The molecule has 1 aromatic carbocycles. The highest BCUT2D eigenvalue weighted by atomic mass is 32.2. The topological polar surface area (TPSA) is 95.5 Å². The summed E-state index contributed by atoms with van der Waals surface area (Å²) in [6.45, 7) is 7.67. The first-order chi connectivity index (χ1) is 10.2. The fourth-order valence-electron chi connectivity index (χ4n) is 1.17. The molecule has 0 aliphatic rings. The molecule has 1 rings (SSSR count). The zero-order valence-corrected chi connectivity index (χ0v) is 14.4. The maximum atomic E-state index is 10.6. The van der Waals surface area contributed by atoms with Gasteiger partial charge in [-0.2, -0.15) is 8.42 Å². The number of aryl methyl sites for hydroxylation is 1. The Bertz CT molecular complexity index is 542. The third-order valence-corrected chi connectivity index (χ3v) is 3.12. The summed E-state index contributed by atoms with van der Waals surface area (Å²) < 4.78 is 29.9. The van der Waals surface area contributed by atoms with Crippen LogP contribution >= 0.6 is 0 Å². The lowest BCUT2D eigenvalue weighted by Gasteiger charge is -1.99. The molecule has 0 spiro atoms. The Labute approximate surface area is 133 Å². The molecule has 3 N–H and O–H groups in total. The molecule has 0 aliphatic carbocycles. The second-order valence-corrected chi connectivity index (χ2v) is 5.63. The van der Waals surface area contributed by atoms with Gasteiger partial charge in [-0.3, -0.25) is 9.35 Å². The normalized spacial score (nSPS) is 9.50. The highest BCUT2D eigenvalue weighted by Gasteiger charge is 2.10. The molecule has 0 heterocycles. The van der Waals surface area contributed by atoms with E-state index < -0.39 is 10.1 Å². The Morgan fingerprint density at radius 2 is 1.82 bits per heavy atom. The SMILES string of the molecule is C=CC(=O)NCCC.CNC.Cc1ccccc1S(=O)(=O)O. The molecule has 0 atom stereocenters. The van der Waals surface area contributed by atoms with Crippen molar-refractivity contribution < 1.29 is 17.8 Å². The Morgan fingerprint density at radius 1 is 1.32 bits per heavy atom. The lowest BCUT2D eigenvalue weighted by atomic mass is 10.2. The van der Waals surface area contributed by atoms with E-state index in [0.29, 0.717) is 5.56 Å². The first-order valence-electron chi connectivity index (χ1n) is 6.76. The van der Waals surface area contributed by atoms with Crippen molar-refractivity contribution in [2.24, 2.45) is 0 Å². The second kappa shape index (κ2) is 13.0. The van der Waals surface area contributed by atoms with E-state index in [1.165, 1.54) is 12.1 Å². The third kappa shape index (κ3) is 12.1. The van der Waals surface area contributed by atoms with Crippen LogP contribution in [0.4, 0.5) is 0 Å². The average molecular weight is 330 g/mol. The van der Waals surface area contributed by atoms with E-state index in [2.05, 4.69) is 17.2 Å². The van der Waals surface area contributed by atoms with Crippen molar-refractivity contribution >= 4 is 16.0 Å². The van der Waals surface area contributed by atoms with E-state index >= 15 is 0 Å². The van der Waals surface area contributed by atoms with E-state index in [9.17, 15) is 13.2 Å². The number of benzene rings is 1. The number of amides is 1. The van der Waals surface area contributed by atoms with Crippen LogP contribution in [0.3, 0.4) is 0 Å². The zero-order chi connectivity index (χ0) is 17.6. The third-order valence-electron chi connectivity index (χ3n) is 2.11. The summed E-state index contributed by atoms with van der Waals surface area (Å²) in [7, 11) is -0.283. The molecule has 0 aromatic heterocycles. The Kier molecular flexibility index (Phi) is 13.3. The number of hydrogen-bond acceptors (Lipinski definition) is 4. The molecule has 0 radical (unpaired) electrons. The number of nitrogens with one attached hydrogen (secondary N) is 2. The van der Waals surface area contributed by atoms with Gasteiger partial charge in [-0.25, -0.2) is 0 Å². The van der Waals surface area contributed by atoms with Gasteiger partial charge in [0.15, 0.2) is 0 Å². The van der Waals surface area contributed by atoms with Crippen molar-refractivity contribution in [1.29, 1.82) is 0 Å². The van der Waals surface area contributed by atoms with Crippen LogP contribution in [0, 0.1) is 6.92 Å². The van der Waals surface area contributed by atoms with Crippen LogP contribution < -0.4 is 10.6 Å². The zero-order valence-electron chi connectivity index (χ0n) is 13.6. The molecule has 0 aliphatic heterocycles. The van der Waals surface area contributed by atoms with Gasteiger partial charge < -0.3 is 10.6 Å². The van der Waals surface area contributed by atoms with Gasteiger partial charge in [0.2, 0.25) is 5.91 Å². The highest BCUT2D eigenvalue weighted by molar-refractivity contribution is 7.85. The van der Waals surface area contributed by atoms with Crippen molar-refractivity contribution in [2.45, 2.75) is 25.2 Å². The summed E-state index contributed by atoms with van der Waals surface area (Å²) in [6, 6.07) is 6.27. The largest absolute Gasteiger partial charge is 0.353 e. The van der Waals surface area contributed by atoms with Crippen LogP contribution in [0.5, 0.6) is 0 Å². The van der Waals surface area contributed by atoms with E-state index in [-0.39, 0.29) is 10.8 Å². The molecule has 0 bridgehead atoms. The Balaban J connectivity index is 0. The molecule has 7 heteroatoms. The molecule has 22 heavy (non-hydrogen) atoms. The van der Waals surface area contributed by atoms with E-state index in [0.717, 1.165) is 13.0 Å². The standard InChI is InChI=1S/C7H8O3S.C6H11NO.C2H7N/c1-6-4-2-3-5-7(6)11(8,9)10;1-3-5-7-6(8)4-2;1-3-2/h2-5H,1H3,(H,8,9,10);4H,2-3,5H2,1H3,(H,7,8);3H,1-2H3. The van der Waals surface area contributed by atoms with Gasteiger partial charge >= 0.3 is 0 Å². The monoisotopic (exact) mass is 330 g/mol. The molecular formula is C15H26N2O4S. The van der Waals surface area contributed by atoms with Gasteiger partial charge in [-0.05, 0) is 45.1 Å². The van der Waals surface area contributed by atoms with Gasteiger partial charge in [0.25, 0.3) is 10.1 Å². The predicted molar refractivity (Wildman–Crippen MR) is 89.5 cm³/mol. The molecule has 126 valence electrons. The fraction of sp³-hybridized carbons (Fsp3) is 0.400. The van der Waals surface area contributed by atoms with Crippen LogP contribution in [-0.4, -0.2) is 39.5 Å². The van der Waals surface area contributed by atoms with Crippen molar-refractivity contribution in [2.75, 3.05) is 20.6 Å². The summed E-state index contributed by atoms with van der Waals surface area (Å²) in [5.41, 5.74) is 0.551. The molecule has 0 saturated heterocycles. The maximum absolute atomic E-state index is 10.6. The minimum atomic E-state index is -4.03. The quantitative estimate of drug-likeness (QED) is 0.578. The van der Waals surface area contributed by atoms with Gasteiger partial charge in [-0.1, -0.05) is 31.7 Å². The lowest BCUT2D eigenvalue weighted by molar-refractivity contribution is -0.116. The number of carbonyl (C=O) groups is 1. The van der Waals surface area contributed by atoms with Crippen molar-refractivity contribution in [3.8, 4) is 0 Å². The molecule has 0 fully saturated rings. The minimum Gasteiger partial charge on any atom is -0.353 e. The first kappa shape index (κ1) is 22.6. The van der Waals surface area contributed by atoms with Crippen LogP contribution in [-0.2, 0) is 14.9 Å². The second-order valence-electron chi connectivity index (χ2n) is 4.24. The minimum absolute atomic E-state index is 0.0278. The summed E-state index contributed by atoms with van der Waals surface area (Å²) in [6.07, 6.45) is 2.25. The highest BCUT2D eigenvalue weighted by Crippen LogP contribution is 2.12.